The molecular formula is C17H16N4O7S. The molecule has 0 aliphatic heterocycles. The van der Waals surface area contributed by atoms with Gasteiger partial charge >= 0.3 is 11.7 Å². The number of hydrogen-bond acceptors (Lipinski definition) is 7. The van der Waals surface area contributed by atoms with E-state index < -0.39 is 21.7 Å². The van der Waals surface area contributed by atoms with E-state index in [1.807, 2.05) is 0 Å². The van der Waals surface area contributed by atoms with Crippen LogP contribution in [0.3, 0.4) is 0 Å². The molecule has 3 N–H and O–H groups in total. The third-order valence-electron chi connectivity index (χ3n) is 3.92. The van der Waals surface area contributed by atoms with E-state index in [0.29, 0.717) is 5.69 Å². The maximum Gasteiger partial charge on any atom is 0.347 e. The fourth-order valence-electron chi connectivity index (χ4n) is 2.62. The summed E-state index contributed by atoms with van der Waals surface area (Å²) in [4.78, 5) is 22.9. The highest BCUT2D eigenvalue weighted by Crippen LogP contribution is 2.34. The molecule has 1 aromatic heterocycles. The Morgan fingerprint density at radius 2 is 1.97 bits per heavy atom. The Labute approximate surface area is 164 Å². The van der Waals surface area contributed by atoms with Gasteiger partial charge in [-0.3, -0.25) is 4.72 Å². The van der Waals surface area contributed by atoms with E-state index in [9.17, 15) is 23.1 Å². The van der Waals surface area contributed by atoms with Crippen LogP contribution in [0.2, 0.25) is 0 Å². The van der Waals surface area contributed by atoms with E-state index in [1.54, 1.807) is 12.1 Å². The van der Waals surface area contributed by atoms with Crippen molar-refractivity contribution in [2.45, 2.75) is 4.90 Å². The lowest BCUT2D eigenvalue weighted by molar-refractivity contribution is 0.0692. The number of benzene rings is 2. The van der Waals surface area contributed by atoms with Crippen LogP contribution in [-0.4, -0.2) is 48.5 Å². The predicted octanol–water partition coefficient (Wildman–Crippen LogP) is 1.08. The van der Waals surface area contributed by atoms with Crippen LogP contribution in [0.4, 0.5) is 5.69 Å². The predicted molar refractivity (Wildman–Crippen MR) is 101 cm³/mol. The van der Waals surface area contributed by atoms with Crippen molar-refractivity contribution in [1.29, 1.82) is 0 Å². The van der Waals surface area contributed by atoms with Crippen molar-refractivity contribution in [1.82, 2.24) is 14.8 Å². The highest BCUT2D eigenvalue weighted by atomic mass is 32.2. The Hall–Kier alpha value is -3.80. The van der Waals surface area contributed by atoms with Crippen molar-refractivity contribution in [2.75, 3.05) is 18.9 Å². The molecule has 0 aliphatic rings. The first-order chi connectivity index (χ1) is 13.8. The molecular weight excluding hydrogens is 404 g/mol. The number of anilines is 1. The molecule has 152 valence electrons. The monoisotopic (exact) mass is 420 g/mol. The number of nitrogens with one attached hydrogen (secondary N) is 2. The summed E-state index contributed by atoms with van der Waals surface area (Å²) >= 11 is 0. The number of sulfonamides is 1. The molecule has 0 aliphatic carbocycles. The molecule has 0 spiro atoms. The molecule has 0 bridgehead atoms. The van der Waals surface area contributed by atoms with Crippen LogP contribution in [-0.2, 0) is 10.0 Å². The van der Waals surface area contributed by atoms with Crippen molar-refractivity contribution < 1.29 is 27.8 Å². The summed E-state index contributed by atoms with van der Waals surface area (Å²) in [5.74, 6) is -1.52. The maximum atomic E-state index is 12.8. The van der Waals surface area contributed by atoms with Gasteiger partial charge in [0.2, 0.25) is 0 Å². The van der Waals surface area contributed by atoms with Crippen molar-refractivity contribution in [3.63, 3.8) is 0 Å². The number of hydrogen-bond donors (Lipinski definition) is 3. The van der Waals surface area contributed by atoms with Gasteiger partial charge in [-0.05, 0) is 24.3 Å². The molecule has 0 amide bonds. The molecule has 29 heavy (non-hydrogen) atoms. The Morgan fingerprint density at radius 3 is 2.55 bits per heavy atom. The third kappa shape index (κ3) is 3.91. The number of H-pyrrole nitrogens is 1. The van der Waals surface area contributed by atoms with Gasteiger partial charge in [0, 0.05) is 6.07 Å². The van der Waals surface area contributed by atoms with Gasteiger partial charge in [-0.15, -0.1) is 0 Å². The molecule has 1 heterocycles. The van der Waals surface area contributed by atoms with Crippen LogP contribution in [0.1, 0.15) is 10.4 Å². The minimum Gasteiger partial charge on any atom is -0.493 e. The van der Waals surface area contributed by atoms with Gasteiger partial charge in [0.1, 0.15) is 11.9 Å². The normalized spacial score (nSPS) is 11.1. The van der Waals surface area contributed by atoms with E-state index in [1.165, 1.54) is 37.2 Å². The topological polar surface area (TPSA) is 153 Å². The molecule has 12 heteroatoms. The fourth-order valence-corrected chi connectivity index (χ4v) is 3.71. The molecule has 0 saturated heterocycles. The molecule has 0 atom stereocenters. The third-order valence-corrected chi connectivity index (χ3v) is 5.28. The zero-order valence-corrected chi connectivity index (χ0v) is 16.1. The lowest BCUT2D eigenvalue weighted by atomic mass is 10.2. The number of methoxy groups -OCH3 is 2. The highest BCUT2D eigenvalue weighted by Gasteiger charge is 2.24. The minimum atomic E-state index is -4.18. The van der Waals surface area contributed by atoms with Crippen LogP contribution in [0.25, 0.3) is 5.69 Å². The number of nitrogens with zero attached hydrogens (tertiary/aromatic N) is 2. The van der Waals surface area contributed by atoms with Crippen LogP contribution in [0, 0.1) is 0 Å². The van der Waals surface area contributed by atoms with E-state index in [0.717, 1.165) is 12.1 Å². The van der Waals surface area contributed by atoms with Gasteiger partial charge in [0.25, 0.3) is 10.0 Å². The molecule has 11 nitrogen and oxygen atoms in total. The maximum absolute atomic E-state index is 12.8. The summed E-state index contributed by atoms with van der Waals surface area (Å²) in [6.07, 6.45) is 1.25. The van der Waals surface area contributed by atoms with E-state index in [-0.39, 0.29) is 27.6 Å². The first kappa shape index (κ1) is 19.9. The smallest absolute Gasteiger partial charge is 0.347 e. The van der Waals surface area contributed by atoms with Gasteiger partial charge in [0.15, 0.2) is 11.5 Å². The Morgan fingerprint density at radius 1 is 1.21 bits per heavy atom. The summed E-state index contributed by atoms with van der Waals surface area (Å²) in [5.41, 5.74) is -0.327. The van der Waals surface area contributed by atoms with Gasteiger partial charge < -0.3 is 14.6 Å². The van der Waals surface area contributed by atoms with E-state index in [2.05, 4.69) is 14.9 Å². The average molecular weight is 420 g/mol. The molecule has 0 radical (unpaired) electrons. The van der Waals surface area contributed by atoms with Crippen LogP contribution in [0.15, 0.2) is 52.4 Å². The van der Waals surface area contributed by atoms with E-state index in [4.69, 9.17) is 9.47 Å². The number of carboxylic acid groups (broad SMARTS) is 1. The molecule has 2 aromatic carbocycles. The zero-order chi connectivity index (χ0) is 21.2. The largest absolute Gasteiger partial charge is 0.493 e. The van der Waals surface area contributed by atoms with Crippen LogP contribution >= 0.6 is 0 Å². The highest BCUT2D eigenvalue weighted by molar-refractivity contribution is 7.92. The number of aromatic carboxylic acids is 1. The number of rotatable bonds is 7. The zero-order valence-electron chi connectivity index (χ0n) is 15.2. The van der Waals surface area contributed by atoms with Crippen molar-refractivity contribution in [3.8, 4) is 17.2 Å². The average Bonchev–Trinajstić information content (AvgIpc) is 3.12. The number of carbonyl (C=O) groups is 1. The second-order valence-corrected chi connectivity index (χ2v) is 7.38. The van der Waals surface area contributed by atoms with Crippen molar-refractivity contribution in [3.05, 3.63) is 58.8 Å². The lowest BCUT2D eigenvalue weighted by Crippen LogP contribution is -2.16. The summed E-state index contributed by atoms with van der Waals surface area (Å²) < 4.78 is 39.3. The number of ether oxygens (including phenoxy) is 2. The lowest BCUT2D eigenvalue weighted by Gasteiger charge is -2.14. The number of carboxylic acids is 1. The van der Waals surface area contributed by atoms with Crippen LogP contribution in [0.5, 0.6) is 11.5 Å². The molecule has 0 fully saturated rings. The van der Waals surface area contributed by atoms with Gasteiger partial charge in [-0.1, -0.05) is 6.07 Å². The van der Waals surface area contributed by atoms with Crippen molar-refractivity contribution >= 4 is 21.7 Å². The fraction of sp³-hybridized carbons (Fsp3) is 0.118. The van der Waals surface area contributed by atoms with Gasteiger partial charge in [0.05, 0.1) is 30.5 Å². The minimum absolute atomic E-state index is 0.0496. The number of aromatic nitrogens is 3. The summed E-state index contributed by atoms with van der Waals surface area (Å²) in [6, 6.07) is 8.16. The second kappa shape index (κ2) is 7.67. The summed E-state index contributed by atoms with van der Waals surface area (Å²) in [5, 5.41) is 15.2. The Kier molecular flexibility index (Phi) is 5.28. The number of aromatic amines is 1. The Bertz CT molecular complexity index is 1230. The van der Waals surface area contributed by atoms with Gasteiger partial charge in [-0.2, -0.15) is 5.10 Å². The molecule has 0 saturated carbocycles. The molecule has 3 rings (SSSR count). The van der Waals surface area contributed by atoms with E-state index >= 15 is 0 Å². The first-order valence-electron chi connectivity index (χ1n) is 8.01. The summed E-state index contributed by atoms with van der Waals surface area (Å²) in [7, 11) is -1.67. The standard InChI is InChI=1S/C17H16N4O7S/c1-27-14-8-12(7-13(16(22)23)15(14)28-2)29(25,26)20-10-4-3-5-11(6-10)21-9-18-19-17(21)24/h3-9,20H,1-2H3,(H,19,24)(H,22,23). The Balaban J connectivity index is 2.03. The first-order valence-corrected chi connectivity index (χ1v) is 9.49. The summed E-state index contributed by atoms with van der Waals surface area (Å²) in [6.45, 7) is 0. The van der Waals surface area contributed by atoms with Crippen LogP contribution < -0.4 is 19.9 Å². The quantitative estimate of drug-likeness (QED) is 0.513. The molecule has 3 aromatic rings. The van der Waals surface area contributed by atoms with Gasteiger partial charge in [-0.25, -0.2) is 27.7 Å². The second-order valence-electron chi connectivity index (χ2n) is 5.70. The SMILES string of the molecule is COc1cc(S(=O)(=O)Nc2cccc(-n3cn[nH]c3=O)c2)cc(C(=O)O)c1OC. The molecule has 0 unspecified atom stereocenters. The van der Waals surface area contributed by atoms with Crippen molar-refractivity contribution in [2.24, 2.45) is 0 Å².